The van der Waals surface area contributed by atoms with Gasteiger partial charge >= 0.3 is 0 Å². The molecule has 1 heterocycles. The minimum atomic E-state index is -3.39. The number of aromatic nitrogens is 2. The van der Waals surface area contributed by atoms with Gasteiger partial charge in [-0.05, 0) is 6.42 Å². The largest absolute Gasteiger partial charge is 0.328 e. The van der Waals surface area contributed by atoms with Gasteiger partial charge in [0.2, 0.25) is 15.0 Å². The van der Waals surface area contributed by atoms with Crippen molar-refractivity contribution in [3.05, 3.63) is 60.7 Å². The quantitative estimate of drug-likeness (QED) is 0.773. The Bertz CT molecular complexity index is 828. The van der Waals surface area contributed by atoms with Crippen LogP contribution in [0.15, 0.2) is 65.8 Å². The number of imidazole rings is 1. The Morgan fingerprint density at radius 1 is 0.913 bits per heavy atom. The second-order valence-corrected chi connectivity index (χ2v) is 7.34. The van der Waals surface area contributed by atoms with Crippen molar-refractivity contribution in [3.63, 3.8) is 0 Å². The van der Waals surface area contributed by atoms with Gasteiger partial charge in [-0.3, -0.25) is 0 Å². The summed E-state index contributed by atoms with van der Waals surface area (Å²) in [6.07, 6.45) is 0.560. The lowest BCUT2D eigenvalue weighted by Gasteiger charge is -2.02. The first-order chi connectivity index (χ1) is 11.1. The van der Waals surface area contributed by atoms with E-state index in [4.69, 9.17) is 0 Å². The molecule has 3 rings (SSSR count). The maximum absolute atomic E-state index is 12.4. The predicted octanol–water partition coefficient (Wildman–Crippen LogP) is 3.93. The van der Waals surface area contributed by atoms with Gasteiger partial charge in [0, 0.05) is 11.1 Å². The summed E-state index contributed by atoms with van der Waals surface area (Å²) in [6.45, 7) is 1.84. The van der Waals surface area contributed by atoms with Gasteiger partial charge in [0.15, 0.2) is 0 Å². The van der Waals surface area contributed by atoms with Crippen LogP contribution in [0.25, 0.3) is 22.5 Å². The zero-order valence-electron chi connectivity index (χ0n) is 12.9. The summed E-state index contributed by atoms with van der Waals surface area (Å²) < 4.78 is 24.7. The van der Waals surface area contributed by atoms with E-state index in [-0.39, 0.29) is 10.9 Å². The summed E-state index contributed by atoms with van der Waals surface area (Å²) in [5.41, 5.74) is 3.19. The zero-order valence-corrected chi connectivity index (χ0v) is 13.7. The molecule has 2 aromatic carbocycles. The summed E-state index contributed by atoms with van der Waals surface area (Å²) in [4.78, 5) is 7.43. The van der Waals surface area contributed by atoms with E-state index in [2.05, 4.69) is 9.97 Å². The molecule has 0 saturated heterocycles. The molecule has 5 heteroatoms. The number of nitrogens with one attached hydrogen (secondary N) is 1. The van der Waals surface area contributed by atoms with E-state index in [0.717, 1.165) is 16.8 Å². The minimum Gasteiger partial charge on any atom is -0.328 e. The molecule has 0 amide bonds. The predicted molar refractivity (Wildman–Crippen MR) is 91.8 cm³/mol. The summed E-state index contributed by atoms with van der Waals surface area (Å²) in [6, 6.07) is 19.3. The summed E-state index contributed by atoms with van der Waals surface area (Å²) >= 11 is 0. The fraction of sp³-hybridized carbons (Fsp3) is 0.167. The van der Waals surface area contributed by atoms with E-state index in [1.807, 2.05) is 67.6 Å². The maximum atomic E-state index is 12.4. The van der Waals surface area contributed by atoms with Gasteiger partial charge in [0.25, 0.3) is 0 Å². The third-order valence-electron chi connectivity index (χ3n) is 3.56. The molecule has 3 aromatic rings. The van der Waals surface area contributed by atoms with E-state index >= 15 is 0 Å². The molecule has 0 aliphatic rings. The maximum Gasteiger partial charge on any atom is 0.226 e. The average molecular weight is 326 g/mol. The number of aromatic amines is 1. The highest BCUT2D eigenvalue weighted by atomic mass is 32.2. The number of hydrogen-bond acceptors (Lipinski definition) is 3. The van der Waals surface area contributed by atoms with Crippen LogP contribution in [0.2, 0.25) is 0 Å². The van der Waals surface area contributed by atoms with Crippen molar-refractivity contribution in [3.8, 4) is 22.5 Å². The first-order valence-electron chi connectivity index (χ1n) is 7.55. The van der Waals surface area contributed by atoms with E-state index in [0.29, 0.717) is 12.1 Å². The highest BCUT2D eigenvalue weighted by Crippen LogP contribution is 2.31. The Kier molecular flexibility index (Phi) is 4.30. The molecule has 0 bridgehead atoms. The smallest absolute Gasteiger partial charge is 0.226 e. The van der Waals surface area contributed by atoms with Gasteiger partial charge < -0.3 is 4.98 Å². The number of nitrogens with zero attached hydrogens (tertiary/aromatic N) is 1. The van der Waals surface area contributed by atoms with E-state index in [1.54, 1.807) is 0 Å². The second-order valence-electron chi connectivity index (χ2n) is 5.32. The normalized spacial score (nSPS) is 11.5. The van der Waals surface area contributed by atoms with Crippen LogP contribution in [-0.2, 0) is 9.84 Å². The number of benzene rings is 2. The Morgan fingerprint density at radius 3 is 2.04 bits per heavy atom. The molecule has 0 saturated carbocycles. The Labute approximate surface area is 136 Å². The molecule has 23 heavy (non-hydrogen) atoms. The number of H-pyrrole nitrogens is 1. The van der Waals surface area contributed by atoms with Crippen LogP contribution in [0.3, 0.4) is 0 Å². The Morgan fingerprint density at radius 2 is 1.48 bits per heavy atom. The first-order valence-corrected chi connectivity index (χ1v) is 9.20. The topological polar surface area (TPSA) is 62.8 Å². The van der Waals surface area contributed by atoms with Crippen LogP contribution < -0.4 is 0 Å². The van der Waals surface area contributed by atoms with Crippen LogP contribution >= 0.6 is 0 Å². The zero-order chi connectivity index (χ0) is 16.3. The monoisotopic (exact) mass is 326 g/mol. The van der Waals surface area contributed by atoms with Crippen LogP contribution in [-0.4, -0.2) is 24.1 Å². The number of hydrogen-bond donors (Lipinski definition) is 1. The van der Waals surface area contributed by atoms with Crippen LogP contribution in [0, 0.1) is 0 Å². The molecule has 0 atom stereocenters. The van der Waals surface area contributed by atoms with Crippen molar-refractivity contribution >= 4 is 9.84 Å². The molecular weight excluding hydrogens is 308 g/mol. The minimum absolute atomic E-state index is 0.0389. The summed E-state index contributed by atoms with van der Waals surface area (Å²) in [7, 11) is -3.39. The lowest BCUT2D eigenvalue weighted by atomic mass is 10.1. The lowest BCUT2D eigenvalue weighted by molar-refractivity contribution is 0.587. The average Bonchev–Trinajstić information content (AvgIpc) is 3.03. The van der Waals surface area contributed by atoms with Crippen LogP contribution in [0.1, 0.15) is 13.3 Å². The van der Waals surface area contributed by atoms with E-state index in [1.165, 1.54) is 0 Å². The van der Waals surface area contributed by atoms with Crippen molar-refractivity contribution in [2.75, 3.05) is 5.75 Å². The molecule has 0 radical (unpaired) electrons. The molecule has 0 fully saturated rings. The highest BCUT2D eigenvalue weighted by Gasteiger charge is 2.22. The van der Waals surface area contributed by atoms with Gasteiger partial charge in [0.05, 0.1) is 17.1 Å². The summed E-state index contributed by atoms with van der Waals surface area (Å²) in [5, 5.41) is 0.0389. The molecular formula is C18H18N2O2S. The molecule has 0 unspecified atom stereocenters. The number of sulfone groups is 1. The van der Waals surface area contributed by atoms with Crippen LogP contribution in [0.4, 0.5) is 0 Å². The summed E-state index contributed by atoms with van der Waals surface area (Å²) in [5.74, 6) is 0.0863. The van der Waals surface area contributed by atoms with Gasteiger partial charge in [-0.1, -0.05) is 67.6 Å². The Hall–Kier alpha value is -2.40. The van der Waals surface area contributed by atoms with Gasteiger partial charge in [0.1, 0.15) is 0 Å². The van der Waals surface area contributed by atoms with Crippen molar-refractivity contribution < 1.29 is 8.42 Å². The number of rotatable bonds is 5. The van der Waals surface area contributed by atoms with Gasteiger partial charge in [-0.25, -0.2) is 13.4 Å². The highest BCUT2D eigenvalue weighted by molar-refractivity contribution is 7.91. The molecule has 1 aromatic heterocycles. The third-order valence-corrected chi connectivity index (χ3v) is 5.29. The van der Waals surface area contributed by atoms with Crippen molar-refractivity contribution in [2.24, 2.45) is 0 Å². The molecule has 0 aliphatic heterocycles. The third kappa shape index (κ3) is 3.19. The molecule has 118 valence electrons. The second kappa shape index (κ2) is 6.38. The van der Waals surface area contributed by atoms with Gasteiger partial charge in [-0.2, -0.15) is 0 Å². The fourth-order valence-corrected chi connectivity index (χ4v) is 3.70. The lowest BCUT2D eigenvalue weighted by Crippen LogP contribution is -2.07. The van der Waals surface area contributed by atoms with Gasteiger partial charge in [-0.15, -0.1) is 0 Å². The standard InChI is InChI=1S/C18H18N2O2S/c1-2-13-23(21,22)18-19-16(14-9-5-3-6-10-14)17(20-18)15-11-7-4-8-12-15/h3-12H,2,13H2,1H3,(H,19,20). The van der Waals surface area contributed by atoms with E-state index in [9.17, 15) is 8.42 Å². The fourth-order valence-electron chi connectivity index (χ4n) is 2.48. The molecule has 0 aliphatic carbocycles. The molecule has 0 spiro atoms. The first kappa shape index (κ1) is 15.5. The van der Waals surface area contributed by atoms with Crippen molar-refractivity contribution in [2.45, 2.75) is 18.5 Å². The molecule has 4 nitrogen and oxygen atoms in total. The van der Waals surface area contributed by atoms with Crippen LogP contribution in [0.5, 0.6) is 0 Å². The van der Waals surface area contributed by atoms with E-state index < -0.39 is 9.84 Å². The molecule has 1 N–H and O–H groups in total. The Balaban J connectivity index is 2.19. The van der Waals surface area contributed by atoms with Crippen molar-refractivity contribution in [1.29, 1.82) is 0 Å². The SMILES string of the molecule is CCCS(=O)(=O)c1nc(-c2ccccc2)c(-c2ccccc2)[nH]1. The van der Waals surface area contributed by atoms with Crippen molar-refractivity contribution in [1.82, 2.24) is 9.97 Å².